The summed E-state index contributed by atoms with van der Waals surface area (Å²) in [5.41, 5.74) is 1.07. The second-order valence-electron chi connectivity index (χ2n) is 5.34. The van der Waals surface area contributed by atoms with E-state index in [1.165, 1.54) is 0 Å². The van der Waals surface area contributed by atoms with E-state index in [4.69, 9.17) is 11.6 Å². The molecule has 17 heavy (non-hydrogen) atoms. The summed E-state index contributed by atoms with van der Waals surface area (Å²) in [5.74, 6) is 0. The van der Waals surface area contributed by atoms with E-state index >= 15 is 0 Å². The largest absolute Gasteiger partial charge is 0.388 e. The van der Waals surface area contributed by atoms with Crippen LogP contribution in [0.3, 0.4) is 0 Å². The molecule has 1 aromatic heterocycles. The van der Waals surface area contributed by atoms with Crippen molar-refractivity contribution in [3.8, 4) is 0 Å². The number of nitrogens with zero attached hydrogens (tertiary/aromatic N) is 3. The van der Waals surface area contributed by atoms with Crippen LogP contribution in [0.2, 0.25) is 5.02 Å². The van der Waals surface area contributed by atoms with Crippen molar-refractivity contribution >= 4 is 11.6 Å². The Labute approximate surface area is 107 Å². The molecule has 2 heterocycles. The van der Waals surface area contributed by atoms with E-state index in [9.17, 15) is 5.11 Å². The molecule has 96 valence electrons. The van der Waals surface area contributed by atoms with Gasteiger partial charge in [0.05, 0.1) is 22.0 Å². The Morgan fingerprint density at radius 1 is 1.53 bits per heavy atom. The molecule has 0 radical (unpaired) electrons. The molecule has 2 unspecified atom stereocenters. The van der Waals surface area contributed by atoms with E-state index in [2.05, 4.69) is 16.9 Å². The fourth-order valence-electron chi connectivity index (χ4n) is 2.70. The maximum atomic E-state index is 10.6. The second-order valence-corrected chi connectivity index (χ2v) is 5.72. The van der Waals surface area contributed by atoms with E-state index in [0.29, 0.717) is 24.0 Å². The van der Waals surface area contributed by atoms with Crippen LogP contribution in [0, 0.1) is 6.92 Å². The van der Waals surface area contributed by atoms with Gasteiger partial charge in [0.1, 0.15) is 0 Å². The Balaban J connectivity index is 2.21. The van der Waals surface area contributed by atoms with Crippen molar-refractivity contribution in [3.05, 3.63) is 16.4 Å². The predicted molar refractivity (Wildman–Crippen MR) is 68.3 cm³/mol. The molecule has 1 aliphatic heterocycles. The van der Waals surface area contributed by atoms with Crippen molar-refractivity contribution in [2.24, 2.45) is 7.05 Å². The maximum absolute atomic E-state index is 10.6. The van der Waals surface area contributed by atoms with Crippen molar-refractivity contribution < 1.29 is 5.11 Å². The number of rotatable bonds is 2. The van der Waals surface area contributed by atoms with Crippen molar-refractivity contribution in [1.82, 2.24) is 14.7 Å². The number of aromatic nitrogens is 2. The number of halogens is 1. The zero-order valence-corrected chi connectivity index (χ0v) is 11.6. The molecule has 5 heteroatoms. The van der Waals surface area contributed by atoms with Gasteiger partial charge in [0.2, 0.25) is 0 Å². The third kappa shape index (κ3) is 2.34. The lowest BCUT2D eigenvalue weighted by atomic mass is 9.94. The first-order chi connectivity index (χ1) is 7.82. The first kappa shape index (κ1) is 12.9. The van der Waals surface area contributed by atoms with Crippen LogP contribution >= 0.6 is 11.6 Å². The second kappa shape index (κ2) is 4.26. The van der Waals surface area contributed by atoms with Gasteiger partial charge in [-0.25, -0.2) is 0 Å². The molecule has 1 aliphatic rings. The van der Waals surface area contributed by atoms with Crippen LogP contribution in [-0.4, -0.2) is 45.0 Å². The molecule has 4 nitrogen and oxygen atoms in total. The highest BCUT2D eigenvalue weighted by atomic mass is 35.5. The highest BCUT2D eigenvalue weighted by molar-refractivity contribution is 6.31. The van der Waals surface area contributed by atoms with E-state index in [-0.39, 0.29) is 0 Å². The number of aryl methyl sites for hydroxylation is 2. The molecule has 0 bridgehead atoms. The summed E-state index contributed by atoms with van der Waals surface area (Å²) in [6.45, 7) is 4.71. The molecule has 0 aromatic carbocycles. The van der Waals surface area contributed by atoms with Gasteiger partial charge in [-0.1, -0.05) is 11.6 Å². The summed E-state index contributed by atoms with van der Waals surface area (Å²) in [6, 6.07) is 0.410. The van der Waals surface area contributed by atoms with E-state index in [1.54, 1.807) is 4.68 Å². The van der Waals surface area contributed by atoms with Crippen molar-refractivity contribution in [1.29, 1.82) is 0 Å². The normalized spacial score (nSPS) is 30.1. The van der Waals surface area contributed by atoms with Gasteiger partial charge in [0.15, 0.2) is 0 Å². The summed E-state index contributed by atoms with van der Waals surface area (Å²) in [5, 5.41) is 15.6. The number of likely N-dealkylation sites (N-methyl/N-ethyl adjacent to an activating group) is 1. The van der Waals surface area contributed by atoms with Crippen molar-refractivity contribution in [3.63, 3.8) is 0 Å². The van der Waals surface area contributed by atoms with Crippen LogP contribution in [-0.2, 0) is 13.5 Å². The van der Waals surface area contributed by atoms with Gasteiger partial charge >= 0.3 is 0 Å². The lowest BCUT2D eigenvalue weighted by molar-refractivity contribution is 0.0502. The summed E-state index contributed by atoms with van der Waals surface area (Å²) < 4.78 is 1.78. The predicted octanol–water partition coefficient (Wildman–Crippen LogP) is 1.38. The Morgan fingerprint density at radius 2 is 2.18 bits per heavy atom. The highest BCUT2D eigenvalue weighted by Gasteiger charge is 2.40. The van der Waals surface area contributed by atoms with Gasteiger partial charge in [0, 0.05) is 26.1 Å². The van der Waals surface area contributed by atoms with E-state index in [1.807, 2.05) is 21.0 Å². The zero-order valence-electron chi connectivity index (χ0n) is 10.9. The molecule has 0 aliphatic carbocycles. The summed E-state index contributed by atoms with van der Waals surface area (Å²) in [7, 11) is 3.92. The van der Waals surface area contributed by atoms with Crippen molar-refractivity contribution in [2.45, 2.75) is 38.3 Å². The Kier molecular flexibility index (Phi) is 3.23. The quantitative estimate of drug-likeness (QED) is 0.870. The molecular weight excluding hydrogens is 238 g/mol. The Hall–Kier alpha value is -0.580. The third-order valence-electron chi connectivity index (χ3n) is 3.73. The topological polar surface area (TPSA) is 41.3 Å². The monoisotopic (exact) mass is 257 g/mol. The first-order valence-electron chi connectivity index (χ1n) is 5.93. The summed E-state index contributed by atoms with van der Waals surface area (Å²) in [4.78, 5) is 2.18. The minimum atomic E-state index is -0.683. The van der Waals surface area contributed by atoms with Gasteiger partial charge in [-0.2, -0.15) is 5.10 Å². The van der Waals surface area contributed by atoms with Gasteiger partial charge in [-0.3, -0.25) is 4.68 Å². The molecule has 0 saturated carbocycles. The molecule has 2 atom stereocenters. The molecule has 1 aromatic rings. The van der Waals surface area contributed by atoms with Crippen LogP contribution in [0.5, 0.6) is 0 Å². The molecule has 2 rings (SSSR count). The van der Waals surface area contributed by atoms with Crippen LogP contribution in [0.15, 0.2) is 0 Å². The maximum Gasteiger partial charge on any atom is 0.0848 e. The number of hydrogen-bond donors (Lipinski definition) is 1. The van der Waals surface area contributed by atoms with Gasteiger partial charge in [0.25, 0.3) is 0 Å². The smallest absolute Gasteiger partial charge is 0.0848 e. The van der Waals surface area contributed by atoms with Gasteiger partial charge < -0.3 is 10.0 Å². The standard InChI is InChI=1S/C12H20ClN3O/c1-8-5-12(17,7-15(8)3)6-10-11(13)9(2)14-16(10)4/h8,17H,5-7H2,1-4H3. The van der Waals surface area contributed by atoms with Gasteiger partial charge in [-0.15, -0.1) is 0 Å². The van der Waals surface area contributed by atoms with E-state index in [0.717, 1.165) is 17.8 Å². The molecular formula is C12H20ClN3O. The van der Waals surface area contributed by atoms with Crippen molar-refractivity contribution in [2.75, 3.05) is 13.6 Å². The lowest BCUT2D eigenvalue weighted by Gasteiger charge is -2.22. The third-order valence-corrected chi connectivity index (χ3v) is 4.22. The van der Waals surface area contributed by atoms with E-state index < -0.39 is 5.60 Å². The van der Waals surface area contributed by atoms with Crippen LogP contribution in [0.1, 0.15) is 24.7 Å². The van der Waals surface area contributed by atoms with Crippen LogP contribution < -0.4 is 0 Å². The zero-order chi connectivity index (χ0) is 12.8. The molecule has 0 amide bonds. The molecule has 1 N–H and O–H groups in total. The molecule has 0 spiro atoms. The number of β-amino-alcohol motifs (C(OH)–C–C–N with tert-alkyl or cyclic N) is 1. The first-order valence-corrected chi connectivity index (χ1v) is 6.31. The minimum Gasteiger partial charge on any atom is -0.388 e. The average Bonchev–Trinajstić information content (AvgIpc) is 2.59. The average molecular weight is 258 g/mol. The Morgan fingerprint density at radius 3 is 2.59 bits per heavy atom. The molecule has 1 saturated heterocycles. The summed E-state index contributed by atoms with van der Waals surface area (Å²) >= 11 is 6.22. The minimum absolute atomic E-state index is 0.410. The number of likely N-dealkylation sites (tertiary alicyclic amines) is 1. The molecule has 1 fully saturated rings. The Bertz CT molecular complexity index is 420. The van der Waals surface area contributed by atoms with Crippen LogP contribution in [0.25, 0.3) is 0 Å². The SMILES string of the molecule is Cc1nn(C)c(CC2(O)CC(C)N(C)C2)c1Cl. The fourth-order valence-corrected chi connectivity index (χ4v) is 2.93. The fraction of sp³-hybridized carbons (Fsp3) is 0.750. The van der Waals surface area contributed by atoms with Crippen LogP contribution in [0.4, 0.5) is 0 Å². The summed E-state index contributed by atoms with van der Waals surface area (Å²) in [6.07, 6.45) is 1.35. The van der Waals surface area contributed by atoms with Gasteiger partial charge in [-0.05, 0) is 27.3 Å². The number of aliphatic hydroxyl groups is 1. The highest BCUT2D eigenvalue weighted by Crippen LogP contribution is 2.31. The lowest BCUT2D eigenvalue weighted by Crippen LogP contribution is -2.35. The number of hydrogen-bond acceptors (Lipinski definition) is 3.